The minimum atomic E-state index is 0.136. The van der Waals surface area contributed by atoms with Gasteiger partial charge >= 0.3 is 0 Å². The molecule has 28 heavy (non-hydrogen) atoms. The van der Waals surface area contributed by atoms with Crippen LogP contribution in [-0.4, -0.2) is 31.0 Å². The van der Waals surface area contributed by atoms with E-state index < -0.39 is 0 Å². The van der Waals surface area contributed by atoms with Crippen molar-refractivity contribution in [3.63, 3.8) is 0 Å². The Kier molecular flexibility index (Phi) is 5.77. The third kappa shape index (κ3) is 3.97. The Hall–Kier alpha value is -2.20. The standard InChI is InChI=1S/C23H27ClN2O2/c1-28-19-10-11-21-20(15-19)22(26-13-4-2-3-5-23(26)27)12-14-25(21)16-17-6-8-18(24)9-7-17/h6-11,15,22H,2-5,12-14,16H2,1H3. The number of halogens is 1. The molecule has 0 saturated carbocycles. The lowest BCUT2D eigenvalue weighted by Crippen LogP contribution is -2.40. The Morgan fingerprint density at radius 1 is 1.07 bits per heavy atom. The van der Waals surface area contributed by atoms with Crippen LogP contribution in [0.4, 0.5) is 5.69 Å². The molecule has 0 bridgehead atoms. The largest absolute Gasteiger partial charge is 0.497 e. The summed E-state index contributed by atoms with van der Waals surface area (Å²) in [5.41, 5.74) is 3.63. The molecule has 0 N–H and O–H groups in total. The van der Waals surface area contributed by atoms with Crippen LogP contribution in [0.2, 0.25) is 5.02 Å². The monoisotopic (exact) mass is 398 g/mol. The van der Waals surface area contributed by atoms with E-state index in [-0.39, 0.29) is 6.04 Å². The summed E-state index contributed by atoms with van der Waals surface area (Å²) in [7, 11) is 1.70. The Balaban J connectivity index is 1.65. The predicted octanol–water partition coefficient (Wildman–Crippen LogP) is 5.20. The van der Waals surface area contributed by atoms with Gasteiger partial charge in [-0.05, 0) is 55.2 Å². The number of fused-ring (bicyclic) bond motifs is 1. The zero-order valence-electron chi connectivity index (χ0n) is 16.4. The first-order valence-corrected chi connectivity index (χ1v) is 10.5. The van der Waals surface area contributed by atoms with Gasteiger partial charge in [-0.25, -0.2) is 0 Å². The first-order valence-electron chi connectivity index (χ1n) is 10.1. The third-order valence-electron chi connectivity index (χ3n) is 5.88. The molecule has 0 aromatic heterocycles. The van der Waals surface area contributed by atoms with E-state index in [0.717, 1.165) is 56.1 Å². The number of benzene rings is 2. The molecule has 2 heterocycles. The van der Waals surface area contributed by atoms with Crippen molar-refractivity contribution in [2.45, 2.75) is 44.7 Å². The van der Waals surface area contributed by atoms with E-state index in [0.29, 0.717) is 12.3 Å². The second-order valence-corrected chi connectivity index (χ2v) is 8.11. The lowest BCUT2D eigenvalue weighted by molar-refractivity contribution is -0.133. The van der Waals surface area contributed by atoms with E-state index in [9.17, 15) is 4.79 Å². The van der Waals surface area contributed by atoms with E-state index in [1.165, 1.54) is 16.8 Å². The number of ether oxygens (including phenoxy) is 1. The number of likely N-dealkylation sites (tertiary alicyclic amines) is 1. The molecule has 4 rings (SSSR count). The molecule has 1 saturated heterocycles. The molecule has 1 fully saturated rings. The second-order valence-electron chi connectivity index (χ2n) is 7.68. The van der Waals surface area contributed by atoms with Crippen LogP contribution < -0.4 is 9.64 Å². The van der Waals surface area contributed by atoms with Crippen LogP contribution in [0.5, 0.6) is 5.75 Å². The summed E-state index contributed by atoms with van der Waals surface area (Å²) in [5.74, 6) is 1.14. The summed E-state index contributed by atoms with van der Waals surface area (Å²) in [6.07, 6.45) is 4.86. The number of hydrogen-bond acceptors (Lipinski definition) is 3. The van der Waals surface area contributed by atoms with Gasteiger partial charge in [0.1, 0.15) is 5.75 Å². The molecule has 2 aromatic rings. The van der Waals surface area contributed by atoms with E-state index in [1.54, 1.807) is 7.11 Å². The first kappa shape index (κ1) is 19.1. The number of hydrogen-bond donors (Lipinski definition) is 0. The predicted molar refractivity (Wildman–Crippen MR) is 113 cm³/mol. The number of methoxy groups -OCH3 is 1. The van der Waals surface area contributed by atoms with Crippen LogP contribution in [-0.2, 0) is 11.3 Å². The van der Waals surface area contributed by atoms with Crippen molar-refractivity contribution in [2.24, 2.45) is 0 Å². The lowest BCUT2D eigenvalue weighted by atomic mass is 9.93. The minimum absolute atomic E-state index is 0.136. The van der Waals surface area contributed by atoms with Gasteiger partial charge in [0.2, 0.25) is 5.91 Å². The molecular formula is C23H27ClN2O2. The molecule has 0 aliphatic carbocycles. The van der Waals surface area contributed by atoms with E-state index >= 15 is 0 Å². The average Bonchev–Trinajstić information content (AvgIpc) is 2.94. The molecule has 2 aliphatic rings. The summed E-state index contributed by atoms with van der Waals surface area (Å²) < 4.78 is 5.50. The van der Waals surface area contributed by atoms with Gasteiger partial charge in [-0.15, -0.1) is 0 Å². The summed E-state index contributed by atoms with van der Waals surface area (Å²) in [4.78, 5) is 17.3. The third-order valence-corrected chi connectivity index (χ3v) is 6.13. The molecule has 4 nitrogen and oxygen atoms in total. The fourth-order valence-electron chi connectivity index (χ4n) is 4.40. The Bertz CT molecular complexity index is 837. The van der Waals surface area contributed by atoms with Crippen molar-refractivity contribution in [3.05, 3.63) is 58.6 Å². The highest BCUT2D eigenvalue weighted by Crippen LogP contribution is 2.41. The smallest absolute Gasteiger partial charge is 0.223 e. The van der Waals surface area contributed by atoms with Crippen molar-refractivity contribution in [2.75, 3.05) is 25.1 Å². The molecule has 2 aromatic carbocycles. The van der Waals surface area contributed by atoms with Crippen molar-refractivity contribution in [1.29, 1.82) is 0 Å². The Morgan fingerprint density at radius 3 is 2.68 bits per heavy atom. The van der Waals surface area contributed by atoms with Crippen LogP contribution >= 0.6 is 11.6 Å². The Labute approximate surface area is 172 Å². The quantitative estimate of drug-likeness (QED) is 0.709. The van der Waals surface area contributed by atoms with Crippen LogP contribution in [0.3, 0.4) is 0 Å². The summed E-state index contributed by atoms with van der Waals surface area (Å²) in [6.45, 7) is 2.62. The molecule has 2 aliphatic heterocycles. The SMILES string of the molecule is COc1ccc2c(c1)C(N1CCCCCC1=O)CCN2Cc1ccc(Cl)cc1. The number of nitrogens with zero attached hydrogens (tertiary/aromatic N) is 2. The number of amides is 1. The maximum atomic E-state index is 12.8. The van der Waals surface area contributed by atoms with Crippen molar-refractivity contribution in [3.8, 4) is 5.75 Å². The van der Waals surface area contributed by atoms with Crippen molar-refractivity contribution in [1.82, 2.24) is 4.90 Å². The van der Waals surface area contributed by atoms with Crippen LogP contribution in [0, 0.1) is 0 Å². The van der Waals surface area contributed by atoms with Crippen LogP contribution in [0.25, 0.3) is 0 Å². The zero-order valence-corrected chi connectivity index (χ0v) is 17.1. The lowest BCUT2D eigenvalue weighted by Gasteiger charge is -2.41. The normalized spacial score (nSPS) is 19.9. The highest BCUT2D eigenvalue weighted by atomic mass is 35.5. The molecule has 1 amide bonds. The molecule has 0 radical (unpaired) electrons. The van der Waals surface area contributed by atoms with Crippen LogP contribution in [0.15, 0.2) is 42.5 Å². The summed E-state index contributed by atoms with van der Waals surface area (Å²) in [5, 5.41) is 0.757. The Morgan fingerprint density at radius 2 is 1.89 bits per heavy atom. The number of carbonyl (C=O) groups excluding carboxylic acids is 1. The highest BCUT2D eigenvalue weighted by molar-refractivity contribution is 6.30. The molecule has 5 heteroatoms. The summed E-state index contributed by atoms with van der Waals surface area (Å²) in [6, 6.07) is 14.4. The number of carbonyl (C=O) groups is 1. The van der Waals surface area contributed by atoms with Gasteiger partial charge in [0, 0.05) is 42.3 Å². The van der Waals surface area contributed by atoms with Gasteiger partial charge in [0.25, 0.3) is 0 Å². The zero-order chi connectivity index (χ0) is 19.5. The minimum Gasteiger partial charge on any atom is -0.497 e. The molecule has 0 spiro atoms. The second kappa shape index (κ2) is 8.44. The average molecular weight is 399 g/mol. The van der Waals surface area contributed by atoms with Gasteiger partial charge in [-0.2, -0.15) is 0 Å². The number of anilines is 1. The van der Waals surface area contributed by atoms with E-state index in [1.807, 2.05) is 18.2 Å². The maximum Gasteiger partial charge on any atom is 0.223 e. The van der Waals surface area contributed by atoms with Gasteiger partial charge in [0.15, 0.2) is 0 Å². The van der Waals surface area contributed by atoms with Crippen molar-refractivity contribution >= 4 is 23.2 Å². The number of rotatable bonds is 4. The topological polar surface area (TPSA) is 32.8 Å². The molecule has 148 valence electrons. The van der Waals surface area contributed by atoms with Gasteiger partial charge in [0.05, 0.1) is 13.2 Å². The fraction of sp³-hybridized carbons (Fsp3) is 0.435. The summed E-state index contributed by atoms with van der Waals surface area (Å²) >= 11 is 6.04. The molecule has 1 atom stereocenters. The maximum absolute atomic E-state index is 12.8. The van der Waals surface area contributed by atoms with Gasteiger partial charge < -0.3 is 14.5 Å². The first-order chi connectivity index (χ1) is 13.7. The van der Waals surface area contributed by atoms with Crippen molar-refractivity contribution < 1.29 is 9.53 Å². The van der Waals surface area contributed by atoms with E-state index in [4.69, 9.17) is 16.3 Å². The highest BCUT2D eigenvalue weighted by Gasteiger charge is 2.33. The van der Waals surface area contributed by atoms with Gasteiger partial charge in [-0.1, -0.05) is 30.2 Å². The molecule has 1 unspecified atom stereocenters. The fourth-order valence-corrected chi connectivity index (χ4v) is 4.53. The van der Waals surface area contributed by atoms with Gasteiger partial charge in [-0.3, -0.25) is 4.79 Å². The van der Waals surface area contributed by atoms with Crippen LogP contribution in [0.1, 0.15) is 49.3 Å². The molecular weight excluding hydrogens is 372 g/mol. The van der Waals surface area contributed by atoms with E-state index in [2.05, 4.69) is 34.1 Å².